The van der Waals surface area contributed by atoms with E-state index in [-0.39, 0.29) is 24.0 Å². The van der Waals surface area contributed by atoms with Crippen molar-refractivity contribution in [2.24, 2.45) is 23.3 Å². The molecule has 4 unspecified atom stereocenters. The van der Waals surface area contributed by atoms with Gasteiger partial charge in [0, 0.05) is 5.75 Å². The first-order chi connectivity index (χ1) is 13.8. The fourth-order valence-electron chi connectivity index (χ4n) is 2.52. The van der Waals surface area contributed by atoms with E-state index in [1.807, 2.05) is 13.8 Å². The molecule has 0 spiro atoms. The maximum atomic E-state index is 12.6. The summed E-state index contributed by atoms with van der Waals surface area (Å²) in [4.78, 5) is 59.5. The SMILES string of the molecule is CC(C)CC(NC(=O)C(CS)NC(=O)C(N)CC(N)=O)C(=O)NC(C(=O)O)C(C)C. The highest BCUT2D eigenvalue weighted by Crippen LogP contribution is 2.08. The summed E-state index contributed by atoms with van der Waals surface area (Å²) >= 11 is 4.03. The molecule has 12 heteroatoms. The number of aliphatic carboxylic acids is 1. The fraction of sp³-hybridized carbons (Fsp3) is 0.722. The van der Waals surface area contributed by atoms with E-state index in [0.717, 1.165) is 0 Å². The number of hydrogen-bond donors (Lipinski definition) is 7. The Morgan fingerprint density at radius 3 is 1.80 bits per heavy atom. The first-order valence-electron chi connectivity index (χ1n) is 9.58. The van der Waals surface area contributed by atoms with Crippen LogP contribution >= 0.6 is 12.6 Å². The maximum absolute atomic E-state index is 12.6. The van der Waals surface area contributed by atoms with Crippen molar-refractivity contribution in [1.29, 1.82) is 0 Å². The molecule has 0 aliphatic heterocycles. The number of hydrogen-bond acceptors (Lipinski definition) is 7. The average molecular weight is 448 g/mol. The van der Waals surface area contributed by atoms with Crippen molar-refractivity contribution in [3.05, 3.63) is 0 Å². The fourth-order valence-corrected chi connectivity index (χ4v) is 2.78. The van der Waals surface area contributed by atoms with Gasteiger partial charge in [0.05, 0.1) is 12.5 Å². The molecule has 30 heavy (non-hydrogen) atoms. The lowest BCUT2D eigenvalue weighted by atomic mass is 10.00. The van der Waals surface area contributed by atoms with Gasteiger partial charge in [0.1, 0.15) is 18.1 Å². The van der Waals surface area contributed by atoms with Gasteiger partial charge >= 0.3 is 5.97 Å². The van der Waals surface area contributed by atoms with Crippen LogP contribution in [-0.4, -0.2) is 64.6 Å². The molecule has 8 N–H and O–H groups in total. The molecule has 0 aliphatic rings. The van der Waals surface area contributed by atoms with Gasteiger partial charge in [0.2, 0.25) is 23.6 Å². The van der Waals surface area contributed by atoms with E-state index in [0.29, 0.717) is 0 Å². The molecule has 0 radical (unpaired) electrons. The maximum Gasteiger partial charge on any atom is 0.326 e. The summed E-state index contributed by atoms with van der Waals surface area (Å²) in [5, 5.41) is 16.6. The van der Waals surface area contributed by atoms with E-state index in [9.17, 15) is 29.1 Å². The second-order valence-corrected chi connectivity index (χ2v) is 8.15. The van der Waals surface area contributed by atoms with Gasteiger partial charge in [-0.2, -0.15) is 12.6 Å². The van der Waals surface area contributed by atoms with Crippen molar-refractivity contribution in [2.45, 2.75) is 64.7 Å². The van der Waals surface area contributed by atoms with Gasteiger partial charge in [-0.3, -0.25) is 19.2 Å². The Morgan fingerprint density at radius 1 is 0.900 bits per heavy atom. The Labute approximate surface area is 181 Å². The Bertz CT molecular complexity index is 643. The van der Waals surface area contributed by atoms with Crippen LogP contribution < -0.4 is 27.4 Å². The van der Waals surface area contributed by atoms with Crippen LogP contribution in [-0.2, 0) is 24.0 Å². The number of amides is 4. The lowest BCUT2D eigenvalue weighted by Crippen LogP contribution is -2.58. The summed E-state index contributed by atoms with van der Waals surface area (Å²) in [5.41, 5.74) is 10.6. The predicted octanol–water partition coefficient (Wildman–Crippen LogP) is -1.64. The molecular weight excluding hydrogens is 414 g/mol. The molecule has 0 saturated carbocycles. The minimum Gasteiger partial charge on any atom is -0.480 e. The molecular formula is C18H33N5O6S. The molecule has 0 saturated heterocycles. The molecule has 4 atom stereocenters. The summed E-state index contributed by atoms with van der Waals surface area (Å²) in [6.45, 7) is 6.97. The van der Waals surface area contributed by atoms with Crippen LogP contribution in [0.15, 0.2) is 0 Å². The van der Waals surface area contributed by atoms with Crippen molar-refractivity contribution in [2.75, 3.05) is 5.75 Å². The van der Waals surface area contributed by atoms with Crippen LogP contribution in [0.2, 0.25) is 0 Å². The number of nitrogens with two attached hydrogens (primary N) is 2. The summed E-state index contributed by atoms with van der Waals surface area (Å²) in [7, 11) is 0. The number of thiol groups is 1. The zero-order valence-corrected chi connectivity index (χ0v) is 18.6. The van der Waals surface area contributed by atoms with Crippen LogP contribution in [0.3, 0.4) is 0 Å². The van der Waals surface area contributed by atoms with Crippen LogP contribution in [0, 0.1) is 11.8 Å². The summed E-state index contributed by atoms with van der Waals surface area (Å²) in [5.74, 6) is -4.50. The molecule has 0 aromatic rings. The summed E-state index contributed by atoms with van der Waals surface area (Å²) < 4.78 is 0. The number of carbonyl (C=O) groups is 5. The molecule has 0 bridgehead atoms. The van der Waals surface area contributed by atoms with Gasteiger partial charge < -0.3 is 32.5 Å². The van der Waals surface area contributed by atoms with Gasteiger partial charge in [0.15, 0.2) is 0 Å². The third kappa shape index (κ3) is 9.92. The standard InChI is InChI=1S/C18H33N5O6S/c1-8(2)5-11(16(26)23-14(9(3)4)18(28)29)21-17(27)12(7-30)22-15(25)10(19)6-13(20)24/h8-12,14,30H,5-7,19H2,1-4H3,(H2,20,24)(H,21,27)(H,22,25)(H,23,26)(H,28,29). The first-order valence-corrected chi connectivity index (χ1v) is 10.2. The highest BCUT2D eigenvalue weighted by Gasteiger charge is 2.31. The van der Waals surface area contributed by atoms with Gasteiger partial charge in [-0.05, 0) is 18.3 Å². The molecule has 0 aromatic heterocycles. The van der Waals surface area contributed by atoms with Crippen molar-refractivity contribution < 1.29 is 29.1 Å². The van der Waals surface area contributed by atoms with E-state index < -0.39 is 60.2 Å². The number of nitrogens with one attached hydrogen (secondary N) is 3. The molecule has 0 heterocycles. The predicted molar refractivity (Wildman–Crippen MR) is 113 cm³/mol. The quantitative estimate of drug-likeness (QED) is 0.164. The van der Waals surface area contributed by atoms with Crippen LogP contribution in [0.25, 0.3) is 0 Å². The minimum absolute atomic E-state index is 0.0106. The highest BCUT2D eigenvalue weighted by atomic mass is 32.1. The number of primary amides is 1. The van der Waals surface area contributed by atoms with Gasteiger partial charge in [-0.15, -0.1) is 0 Å². The third-order valence-corrected chi connectivity index (χ3v) is 4.51. The largest absolute Gasteiger partial charge is 0.480 e. The number of carboxylic acid groups (broad SMARTS) is 1. The van der Waals surface area contributed by atoms with E-state index in [4.69, 9.17) is 11.5 Å². The molecule has 0 aromatic carbocycles. The third-order valence-electron chi connectivity index (χ3n) is 4.14. The molecule has 0 rings (SSSR count). The summed E-state index contributed by atoms with van der Waals surface area (Å²) in [6.07, 6.45) is -0.145. The highest BCUT2D eigenvalue weighted by molar-refractivity contribution is 7.80. The Morgan fingerprint density at radius 2 is 1.40 bits per heavy atom. The molecule has 0 aliphatic carbocycles. The van der Waals surface area contributed by atoms with E-state index >= 15 is 0 Å². The zero-order chi connectivity index (χ0) is 23.6. The lowest BCUT2D eigenvalue weighted by molar-refractivity contribution is -0.143. The lowest BCUT2D eigenvalue weighted by Gasteiger charge is -2.26. The van der Waals surface area contributed by atoms with Crippen molar-refractivity contribution >= 4 is 42.2 Å². The van der Waals surface area contributed by atoms with Crippen LogP contribution in [0.4, 0.5) is 0 Å². The zero-order valence-electron chi connectivity index (χ0n) is 17.7. The normalized spacial score (nSPS) is 15.1. The van der Waals surface area contributed by atoms with Crippen molar-refractivity contribution in [3.63, 3.8) is 0 Å². The van der Waals surface area contributed by atoms with Crippen molar-refractivity contribution in [1.82, 2.24) is 16.0 Å². The molecule has 0 fully saturated rings. The topological polar surface area (TPSA) is 194 Å². The monoisotopic (exact) mass is 447 g/mol. The Kier molecular flexibility index (Phi) is 12.0. The Hall–Kier alpha value is -2.34. The second-order valence-electron chi connectivity index (χ2n) is 7.78. The number of carboxylic acids is 1. The van der Waals surface area contributed by atoms with E-state index in [1.54, 1.807) is 13.8 Å². The molecule has 4 amide bonds. The van der Waals surface area contributed by atoms with Gasteiger partial charge in [0.25, 0.3) is 0 Å². The minimum atomic E-state index is -1.23. The van der Waals surface area contributed by atoms with Gasteiger partial charge in [-0.25, -0.2) is 4.79 Å². The smallest absolute Gasteiger partial charge is 0.326 e. The van der Waals surface area contributed by atoms with Gasteiger partial charge in [-0.1, -0.05) is 27.7 Å². The average Bonchev–Trinajstić information content (AvgIpc) is 2.61. The molecule has 172 valence electrons. The van der Waals surface area contributed by atoms with Crippen molar-refractivity contribution in [3.8, 4) is 0 Å². The van der Waals surface area contributed by atoms with Crippen LogP contribution in [0.1, 0.15) is 40.5 Å². The number of carbonyl (C=O) groups excluding carboxylic acids is 4. The second kappa shape index (κ2) is 13.1. The van der Waals surface area contributed by atoms with Crippen LogP contribution in [0.5, 0.6) is 0 Å². The Balaban J connectivity index is 5.26. The van der Waals surface area contributed by atoms with E-state index in [2.05, 4.69) is 28.6 Å². The van der Waals surface area contributed by atoms with E-state index in [1.165, 1.54) is 0 Å². The molecule has 11 nitrogen and oxygen atoms in total. The first kappa shape index (κ1) is 27.7. The number of rotatable bonds is 13. The summed E-state index contributed by atoms with van der Waals surface area (Å²) in [6, 6.07) is -4.48.